The lowest BCUT2D eigenvalue weighted by molar-refractivity contribution is 0.0925. The molecule has 0 bridgehead atoms. The summed E-state index contributed by atoms with van der Waals surface area (Å²) in [5, 5.41) is 3.14. The highest BCUT2D eigenvalue weighted by atomic mass is 16.2. The second-order valence-electron chi connectivity index (χ2n) is 6.39. The molecule has 0 saturated carbocycles. The Hall–Kier alpha value is -2.57. The smallest absolute Gasteiger partial charge is 0.268 e. The first kappa shape index (κ1) is 16.3. The molecule has 3 heterocycles. The molecule has 1 atom stereocenters. The van der Waals surface area contributed by atoms with E-state index in [2.05, 4.69) is 20.2 Å². The Morgan fingerprint density at radius 1 is 1.38 bits per heavy atom. The molecule has 2 aromatic rings. The van der Waals surface area contributed by atoms with E-state index in [4.69, 9.17) is 0 Å². The molecule has 1 N–H and O–H groups in total. The van der Waals surface area contributed by atoms with E-state index in [0.29, 0.717) is 5.69 Å². The Morgan fingerprint density at radius 3 is 2.92 bits per heavy atom. The fraction of sp³-hybridized carbons (Fsp3) is 0.471. The molecular formula is C17H24N6O. The molecule has 1 fully saturated rings. The average Bonchev–Trinajstić information content (AvgIpc) is 3.01. The molecule has 3 rings (SSSR count). The van der Waals surface area contributed by atoms with E-state index in [1.165, 1.54) is 0 Å². The Kier molecular flexibility index (Phi) is 4.69. The Balaban J connectivity index is 1.67. The highest BCUT2D eigenvalue weighted by Crippen LogP contribution is 2.20. The molecule has 24 heavy (non-hydrogen) atoms. The van der Waals surface area contributed by atoms with Gasteiger partial charge in [-0.25, -0.2) is 9.97 Å². The fourth-order valence-corrected chi connectivity index (χ4v) is 3.01. The summed E-state index contributed by atoms with van der Waals surface area (Å²) >= 11 is 0. The molecule has 0 spiro atoms. The highest BCUT2D eigenvalue weighted by Gasteiger charge is 2.23. The maximum atomic E-state index is 12.4. The van der Waals surface area contributed by atoms with Crippen molar-refractivity contribution in [1.82, 2.24) is 19.9 Å². The second kappa shape index (κ2) is 6.90. The van der Waals surface area contributed by atoms with Crippen LogP contribution in [0.25, 0.3) is 0 Å². The highest BCUT2D eigenvalue weighted by molar-refractivity contribution is 5.92. The fourth-order valence-electron chi connectivity index (χ4n) is 3.01. The molecule has 2 aromatic heterocycles. The number of carbonyl (C=O) groups is 1. The van der Waals surface area contributed by atoms with Gasteiger partial charge in [0.05, 0.1) is 0 Å². The predicted molar refractivity (Wildman–Crippen MR) is 94.5 cm³/mol. The van der Waals surface area contributed by atoms with Crippen molar-refractivity contribution in [2.45, 2.75) is 18.9 Å². The van der Waals surface area contributed by atoms with Crippen LogP contribution >= 0.6 is 0 Å². The van der Waals surface area contributed by atoms with Crippen LogP contribution in [0.3, 0.4) is 0 Å². The van der Waals surface area contributed by atoms with E-state index in [9.17, 15) is 4.79 Å². The number of amides is 1. The molecule has 0 radical (unpaired) electrons. The zero-order chi connectivity index (χ0) is 17.1. The summed E-state index contributed by atoms with van der Waals surface area (Å²) in [5.74, 6) is 1.77. The number of anilines is 2. The minimum atomic E-state index is -0.0222. The third-order valence-electron chi connectivity index (χ3n) is 4.35. The normalized spacial score (nSPS) is 17.6. The van der Waals surface area contributed by atoms with Crippen LogP contribution < -0.4 is 15.1 Å². The third kappa shape index (κ3) is 3.50. The molecule has 1 aliphatic rings. The van der Waals surface area contributed by atoms with Crippen molar-refractivity contribution in [3.05, 3.63) is 36.4 Å². The van der Waals surface area contributed by atoms with Crippen LogP contribution in [0.1, 0.15) is 23.3 Å². The Morgan fingerprint density at radius 2 is 2.21 bits per heavy atom. The van der Waals surface area contributed by atoms with Gasteiger partial charge >= 0.3 is 0 Å². The first-order valence-electron chi connectivity index (χ1n) is 8.21. The van der Waals surface area contributed by atoms with Gasteiger partial charge in [-0.15, -0.1) is 0 Å². The van der Waals surface area contributed by atoms with Crippen LogP contribution in [0.15, 0.2) is 30.7 Å². The summed E-state index contributed by atoms with van der Waals surface area (Å²) in [6.07, 6.45) is 5.49. The van der Waals surface area contributed by atoms with E-state index in [-0.39, 0.29) is 11.9 Å². The molecule has 0 aromatic carbocycles. The SMILES string of the molecule is CN(C)c1cc(N2CCCC(NC(=O)c3cccn3C)C2)ncn1. The number of piperidine rings is 1. The van der Waals surface area contributed by atoms with Crippen LogP contribution in [0.5, 0.6) is 0 Å². The van der Waals surface area contributed by atoms with Gasteiger partial charge in [0.25, 0.3) is 5.91 Å². The number of hydrogen-bond donors (Lipinski definition) is 1. The lowest BCUT2D eigenvalue weighted by Crippen LogP contribution is -2.48. The summed E-state index contributed by atoms with van der Waals surface area (Å²) in [5.41, 5.74) is 0.684. The molecule has 0 aliphatic carbocycles. The van der Waals surface area contributed by atoms with E-state index in [0.717, 1.165) is 37.6 Å². The van der Waals surface area contributed by atoms with Gasteiger partial charge < -0.3 is 19.7 Å². The quantitative estimate of drug-likeness (QED) is 0.916. The largest absolute Gasteiger partial charge is 0.363 e. The van der Waals surface area contributed by atoms with E-state index >= 15 is 0 Å². The number of nitrogens with zero attached hydrogens (tertiary/aromatic N) is 5. The summed E-state index contributed by atoms with van der Waals surface area (Å²) in [4.78, 5) is 25.2. The van der Waals surface area contributed by atoms with E-state index in [1.807, 2.05) is 55.0 Å². The monoisotopic (exact) mass is 328 g/mol. The number of carbonyl (C=O) groups excluding carboxylic acids is 1. The zero-order valence-electron chi connectivity index (χ0n) is 14.4. The van der Waals surface area contributed by atoms with Crippen LogP contribution in [-0.4, -0.2) is 53.7 Å². The number of aromatic nitrogens is 3. The summed E-state index contributed by atoms with van der Waals surface area (Å²) in [6, 6.07) is 5.83. The predicted octanol–water partition coefficient (Wildman–Crippen LogP) is 1.28. The standard InChI is InChI=1S/C17H24N6O/c1-21(2)15-10-16(19-12-18-15)23-9-4-6-13(11-23)20-17(24)14-7-5-8-22(14)3/h5,7-8,10,12-13H,4,6,9,11H2,1-3H3,(H,20,24). The van der Waals surface area contributed by atoms with Crippen LogP contribution in [0, 0.1) is 0 Å². The molecular weight excluding hydrogens is 304 g/mol. The zero-order valence-corrected chi connectivity index (χ0v) is 14.4. The maximum absolute atomic E-state index is 12.4. The van der Waals surface area contributed by atoms with Gasteiger partial charge in [0.15, 0.2) is 0 Å². The van der Waals surface area contributed by atoms with Gasteiger partial charge in [0.2, 0.25) is 0 Å². The molecule has 1 amide bonds. The van der Waals surface area contributed by atoms with Crippen molar-refractivity contribution < 1.29 is 4.79 Å². The van der Waals surface area contributed by atoms with Gasteiger partial charge in [-0.2, -0.15) is 0 Å². The molecule has 7 heteroatoms. The molecule has 7 nitrogen and oxygen atoms in total. The van der Waals surface area contributed by atoms with Crippen molar-refractivity contribution in [1.29, 1.82) is 0 Å². The van der Waals surface area contributed by atoms with Crippen molar-refractivity contribution in [3.8, 4) is 0 Å². The summed E-state index contributed by atoms with van der Waals surface area (Å²) in [6.45, 7) is 1.71. The van der Waals surface area contributed by atoms with Gasteiger partial charge in [-0.3, -0.25) is 4.79 Å². The minimum absolute atomic E-state index is 0.0222. The van der Waals surface area contributed by atoms with Crippen molar-refractivity contribution >= 4 is 17.5 Å². The summed E-state index contributed by atoms with van der Waals surface area (Å²) in [7, 11) is 5.81. The minimum Gasteiger partial charge on any atom is -0.363 e. The maximum Gasteiger partial charge on any atom is 0.268 e. The van der Waals surface area contributed by atoms with Gasteiger partial charge in [-0.1, -0.05) is 0 Å². The van der Waals surface area contributed by atoms with Gasteiger partial charge in [-0.05, 0) is 25.0 Å². The number of hydrogen-bond acceptors (Lipinski definition) is 5. The summed E-state index contributed by atoms with van der Waals surface area (Å²) < 4.78 is 1.84. The van der Waals surface area contributed by atoms with Crippen LogP contribution in [0.4, 0.5) is 11.6 Å². The molecule has 1 unspecified atom stereocenters. The lowest BCUT2D eigenvalue weighted by atomic mass is 10.1. The number of rotatable bonds is 4. The molecule has 1 aliphatic heterocycles. The van der Waals surface area contributed by atoms with Crippen molar-refractivity contribution in [2.24, 2.45) is 7.05 Å². The van der Waals surface area contributed by atoms with Crippen LogP contribution in [-0.2, 0) is 7.05 Å². The third-order valence-corrected chi connectivity index (χ3v) is 4.35. The van der Waals surface area contributed by atoms with Gasteiger partial charge in [0.1, 0.15) is 23.7 Å². The van der Waals surface area contributed by atoms with E-state index < -0.39 is 0 Å². The number of aryl methyl sites for hydroxylation is 1. The first-order valence-corrected chi connectivity index (χ1v) is 8.21. The average molecular weight is 328 g/mol. The van der Waals surface area contributed by atoms with Crippen molar-refractivity contribution in [2.75, 3.05) is 37.0 Å². The van der Waals surface area contributed by atoms with Crippen molar-refractivity contribution in [3.63, 3.8) is 0 Å². The van der Waals surface area contributed by atoms with Gasteiger partial charge in [0, 0.05) is 52.5 Å². The van der Waals surface area contributed by atoms with E-state index in [1.54, 1.807) is 6.33 Å². The lowest BCUT2D eigenvalue weighted by Gasteiger charge is -2.34. The van der Waals surface area contributed by atoms with Crippen LogP contribution in [0.2, 0.25) is 0 Å². The Bertz CT molecular complexity index is 711. The Labute approximate surface area is 142 Å². The molecule has 1 saturated heterocycles. The molecule has 128 valence electrons. The topological polar surface area (TPSA) is 66.3 Å². The first-order chi connectivity index (χ1) is 11.5. The number of nitrogens with one attached hydrogen (secondary N) is 1. The second-order valence-corrected chi connectivity index (χ2v) is 6.39.